The van der Waals surface area contributed by atoms with E-state index in [1.54, 1.807) is 0 Å². The first-order chi connectivity index (χ1) is 9.38. The predicted molar refractivity (Wildman–Crippen MR) is 85.8 cm³/mol. The third kappa shape index (κ3) is 6.23. The van der Waals surface area contributed by atoms with Gasteiger partial charge in [-0.2, -0.15) is 0 Å². The number of aryl methyl sites for hydroxylation is 2. The summed E-state index contributed by atoms with van der Waals surface area (Å²) in [6.45, 7) is 12.5. The lowest BCUT2D eigenvalue weighted by Crippen LogP contribution is -2.37. The van der Waals surface area contributed by atoms with Crippen LogP contribution >= 0.6 is 0 Å². The number of benzene rings is 1. The first kappa shape index (κ1) is 16.7. The fourth-order valence-electron chi connectivity index (χ4n) is 2.32. The molecule has 2 nitrogen and oxygen atoms in total. The Morgan fingerprint density at radius 3 is 1.95 bits per heavy atom. The Morgan fingerprint density at radius 1 is 1.00 bits per heavy atom. The van der Waals surface area contributed by atoms with Crippen LogP contribution in [0.2, 0.25) is 0 Å². The third-order valence-corrected chi connectivity index (χ3v) is 3.27. The van der Waals surface area contributed by atoms with Gasteiger partial charge in [-0.15, -0.1) is 0 Å². The molecule has 2 heteroatoms. The summed E-state index contributed by atoms with van der Waals surface area (Å²) in [4.78, 5) is 14.4. The van der Waals surface area contributed by atoms with Crippen molar-refractivity contribution in [3.8, 4) is 0 Å². The number of carbonyl (C=O) groups is 1. The number of rotatable bonds is 7. The third-order valence-electron chi connectivity index (χ3n) is 3.27. The van der Waals surface area contributed by atoms with Crippen LogP contribution in [0.15, 0.2) is 24.3 Å². The summed E-state index contributed by atoms with van der Waals surface area (Å²) < 4.78 is 0. The van der Waals surface area contributed by atoms with Crippen LogP contribution in [-0.2, 0) is 11.2 Å². The zero-order chi connectivity index (χ0) is 15.1. The highest BCUT2D eigenvalue weighted by Crippen LogP contribution is 2.10. The number of carbonyl (C=O) groups excluding carboxylic acids is 1. The molecule has 0 aliphatic rings. The average molecular weight is 275 g/mol. The van der Waals surface area contributed by atoms with Crippen molar-refractivity contribution in [1.29, 1.82) is 0 Å². The highest BCUT2D eigenvalue weighted by atomic mass is 16.2. The van der Waals surface area contributed by atoms with Crippen molar-refractivity contribution < 1.29 is 4.79 Å². The molecule has 0 saturated heterocycles. The largest absolute Gasteiger partial charge is 0.342 e. The van der Waals surface area contributed by atoms with Gasteiger partial charge in [0.2, 0.25) is 5.91 Å². The first-order valence-corrected chi connectivity index (χ1v) is 7.71. The SMILES string of the molecule is Cc1ccc(CCC(=O)N(CC(C)C)CC(C)C)cc1. The Kier molecular flexibility index (Phi) is 6.77. The second-order valence-electron chi connectivity index (χ2n) is 6.57. The lowest BCUT2D eigenvalue weighted by Gasteiger charge is -2.26. The zero-order valence-electron chi connectivity index (χ0n) is 13.6. The van der Waals surface area contributed by atoms with Crippen molar-refractivity contribution in [2.75, 3.05) is 13.1 Å². The lowest BCUT2D eigenvalue weighted by molar-refractivity contribution is -0.132. The van der Waals surface area contributed by atoms with Crippen LogP contribution in [0.4, 0.5) is 0 Å². The van der Waals surface area contributed by atoms with Gasteiger partial charge in [-0.1, -0.05) is 57.5 Å². The molecular formula is C18H29NO. The van der Waals surface area contributed by atoms with E-state index in [-0.39, 0.29) is 5.91 Å². The summed E-state index contributed by atoms with van der Waals surface area (Å²) in [7, 11) is 0. The molecule has 1 aromatic rings. The molecule has 1 amide bonds. The Hall–Kier alpha value is -1.31. The highest BCUT2D eigenvalue weighted by Gasteiger charge is 2.15. The minimum Gasteiger partial charge on any atom is -0.342 e. The van der Waals surface area contributed by atoms with Gasteiger partial charge in [0.1, 0.15) is 0 Å². The van der Waals surface area contributed by atoms with E-state index in [2.05, 4.69) is 58.9 Å². The Balaban J connectivity index is 2.54. The van der Waals surface area contributed by atoms with Crippen LogP contribution in [0.25, 0.3) is 0 Å². The van der Waals surface area contributed by atoms with Crippen molar-refractivity contribution in [1.82, 2.24) is 4.90 Å². The fourth-order valence-corrected chi connectivity index (χ4v) is 2.32. The van der Waals surface area contributed by atoms with Gasteiger partial charge in [-0.05, 0) is 30.7 Å². The molecule has 0 N–H and O–H groups in total. The summed E-state index contributed by atoms with van der Waals surface area (Å²) >= 11 is 0. The van der Waals surface area contributed by atoms with Gasteiger partial charge in [0.25, 0.3) is 0 Å². The molecule has 0 aliphatic heterocycles. The second-order valence-corrected chi connectivity index (χ2v) is 6.57. The van der Waals surface area contributed by atoms with E-state index in [0.29, 0.717) is 18.3 Å². The summed E-state index contributed by atoms with van der Waals surface area (Å²) in [5.41, 5.74) is 2.51. The maximum Gasteiger partial charge on any atom is 0.222 e. The molecule has 0 saturated carbocycles. The van der Waals surface area contributed by atoms with Gasteiger partial charge in [0.05, 0.1) is 0 Å². The van der Waals surface area contributed by atoms with Gasteiger partial charge in [-0.25, -0.2) is 0 Å². The molecule has 112 valence electrons. The molecule has 0 bridgehead atoms. The van der Waals surface area contributed by atoms with Gasteiger partial charge >= 0.3 is 0 Å². The van der Waals surface area contributed by atoms with Crippen molar-refractivity contribution >= 4 is 5.91 Å². The minimum atomic E-state index is 0.285. The topological polar surface area (TPSA) is 20.3 Å². The number of hydrogen-bond donors (Lipinski definition) is 0. The van der Waals surface area contributed by atoms with E-state index in [1.165, 1.54) is 11.1 Å². The zero-order valence-corrected chi connectivity index (χ0v) is 13.6. The first-order valence-electron chi connectivity index (χ1n) is 7.71. The standard InChI is InChI=1S/C18H29NO/c1-14(2)12-19(13-15(3)4)18(20)11-10-17-8-6-16(5)7-9-17/h6-9,14-15H,10-13H2,1-5H3. The normalized spacial score (nSPS) is 11.2. The van der Waals surface area contributed by atoms with Crippen LogP contribution in [0, 0.1) is 18.8 Å². The monoisotopic (exact) mass is 275 g/mol. The predicted octanol–water partition coefficient (Wildman–Crippen LogP) is 4.07. The molecule has 0 radical (unpaired) electrons. The molecule has 0 atom stereocenters. The average Bonchev–Trinajstić information content (AvgIpc) is 2.36. The number of nitrogens with zero attached hydrogens (tertiary/aromatic N) is 1. The molecule has 0 aromatic heterocycles. The van der Waals surface area contributed by atoms with Crippen LogP contribution in [-0.4, -0.2) is 23.9 Å². The molecule has 20 heavy (non-hydrogen) atoms. The quantitative estimate of drug-likeness (QED) is 0.734. The molecule has 1 rings (SSSR count). The van der Waals surface area contributed by atoms with E-state index in [0.717, 1.165) is 19.5 Å². The van der Waals surface area contributed by atoms with Crippen molar-refractivity contribution in [3.05, 3.63) is 35.4 Å². The van der Waals surface area contributed by atoms with Crippen molar-refractivity contribution in [2.45, 2.75) is 47.5 Å². The number of amides is 1. The van der Waals surface area contributed by atoms with Gasteiger partial charge in [0.15, 0.2) is 0 Å². The van der Waals surface area contributed by atoms with Gasteiger partial charge in [0, 0.05) is 19.5 Å². The maximum atomic E-state index is 12.4. The van der Waals surface area contributed by atoms with Crippen LogP contribution < -0.4 is 0 Å². The number of hydrogen-bond acceptors (Lipinski definition) is 1. The molecular weight excluding hydrogens is 246 g/mol. The summed E-state index contributed by atoms with van der Waals surface area (Å²) in [6, 6.07) is 8.47. The highest BCUT2D eigenvalue weighted by molar-refractivity contribution is 5.76. The van der Waals surface area contributed by atoms with E-state index in [4.69, 9.17) is 0 Å². The smallest absolute Gasteiger partial charge is 0.222 e. The molecule has 0 heterocycles. The van der Waals surface area contributed by atoms with Crippen LogP contribution in [0.1, 0.15) is 45.2 Å². The van der Waals surface area contributed by atoms with E-state index in [9.17, 15) is 4.79 Å². The molecule has 0 fully saturated rings. The Labute approximate surface area is 124 Å². The summed E-state index contributed by atoms with van der Waals surface area (Å²) in [6.07, 6.45) is 1.45. The van der Waals surface area contributed by atoms with Crippen LogP contribution in [0.3, 0.4) is 0 Å². The fraction of sp³-hybridized carbons (Fsp3) is 0.611. The van der Waals surface area contributed by atoms with Crippen molar-refractivity contribution in [2.24, 2.45) is 11.8 Å². The minimum absolute atomic E-state index is 0.285. The molecule has 0 aliphatic carbocycles. The van der Waals surface area contributed by atoms with E-state index in [1.807, 2.05) is 4.90 Å². The van der Waals surface area contributed by atoms with Crippen molar-refractivity contribution in [3.63, 3.8) is 0 Å². The maximum absolute atomic E-state index is 12.4. The van der Waals surface area contributed by atoms with Gasteiger partial charge < -0.3 is 4.90 Å². The van der Waals surface area contributed by atoms with Gasteiger partial charge in [-0.3, -0.25) is 4.79 Å². The molecule has 1 aromatic carbocycles. The Morgan fingerprint density at radius 2 is 1.50 bits per heavy atom. The van der Waals surface area contributed by atoms with Crippen LogP contribution in [0.5, 0.6) is 0 Å². The molecule has 0 spiro atoms. The molecule has 0 unspecified atom stereocenters. The summed E-state index contributed by atoms with van der Waals surface area (Å²) in [5, 5.41) is 0. The lowest BCUT2D eigenvalue weighted by atomic mass is 10.1. The summed E-state index contributed by atoms with van der Waals surface area (Å²) in [5.74, 6) is 1.34. The Bertz CT molecular complexity index is 396. The van der Waals surface area contributed by atoms with E-state index >= 15 is 0 Å². The van der Waals surface area contributed by atoms with E-state index < -0.39 is 0 Å². The second kappa shape index (κ2) is 8.08.